The minimum atomic E-state index is -4.47. The summed E-state index contributed by atoms with van der Waals surface area (Å²) >= 11 is 0. The molecular weight excluding hydrogens is 317 g/mol. The van der Waals surface area contributed by atoms with Crippen LogP contribution in [0.5, 0.6) is 0 Å². The third kappa shape index (κ3) is 2.78. The van der Waals surface area contributed by atoms with Crippen molar-refractivity contribution in [2.24, 2.45) is 0 Å². The van der Waals surface area contributed by atoms with Crippen molar-refractivity contribution in [3.05, 3.63) is 65.5 Å². The molecular formula is C18H13F3N2O. The Morgan fingerprint density at radius 2 is 1.96 bits per heavy atom. The number of ketones is 1. The third-order valence-corrected chi connectivity index (χ3v) is 4.34. The summed E-state index contributed by atoms with van der Waals surface area (Å²) in [5.74, 6) is -1.47. The fourth-order valence-electron chi connectivity index (χ4n) is 2.88. The Labute approximate surface area is 136 Å². The second-order valence-electron chi connectivity index (χ2n) is 5.84. The lowest BCUT2D eigenvalue weighted by Crippen LogP contribution is -2.27. The highest BCUT2D eigenvalue weighted by Crippen LogP contribution is 2.52. The van der Waals surface area contributed by atoms with Gasteiger partial charge in [0.2, 0.25) is 0 Å². The molecule has 1 fully saturated rings. The zero-order valence-electron chi connectivity index (χ0n) is 12.5. The molecule has 1 aliphatic rings. The number of halogens is 3. The highest BCUT2D eigenvalue weighted by Gasteiger charge is 2.54. The summed E-state index contributed by atoms with van der Waals surface area (Å²) < 4.78 is 38.8. The number of benzene rings is 1. The quantitative estimate of drug-likeness (QED) is 0.851. The van der Waals surface area contributed by atoms with Crippen LogP contribution in [0.2, 0.25) is 0 Å². The number of nitriles is 1. The normalized spacial score (nSPS) is 16.9. The first-order valence-corrected chi connectivity index (χ1v) is 7.41. The van der Waals surface area contributed by atoms with Crippen molar-refractivity contribution >= 4 is 5.78 Å². The Bertz CT molecular complexity index is 805. The van der Waals surface area contributed by atoms with Crippen molar-refractivity contribution in [2.45, 2.75) is 30.4 Å². The first kappa shape index (κ1) is 16.2. The van der Waals surface area contributed by atoms with Crippen LogP contribution in [0, 0.1) is 11.3 Å². The molecule has 0 saturated heterocycles. The zero-order chi connectivity index (χ0) is 17.4. The van der Waals surface area contributed by atoms with Crippen LogP contribution in [0.25, 0.3) is 0 Å². The predicted molar refractivity (Wildman–Crippen MR) is 80.0 cm³/mol. The van der Waals surface area contributed by atoms with Gasteiger partial charge < -0.3 is 0 Å². The van der Waals surface area contributed by atoms with Gasteiger partial charge in [0.1, 0.15) is 5.92 Å². The number of nitrogens with zero attached hydrogens (tertiary/aromatic N) is 2. The van der Waals surface area contributed by atoms with E-state index in [1.807, 2.05) is 6.07 Å². The lowest BCUT2D eigenvalue weighted by molar-refractivity contribution is -0.137. The van der Waals surface area contributed by atoms with Crippen molar-refractivity contribution in [3.63, 3.8) is 0 Å². The lowest BCUT2D eigenvalue weighted by Gasteiger charge is -2.19. The molecule has 24 heavy (non-hydrogen) atoms. The van der Waals surface area contributed by atoms with Gasteiger partial charge in [0.25, 0.3) is 0 Å². The van der Waals surface area contributed by atoms with E-state index in [-0.39, 0.29) is 5.78 Å². The Hall–Kier alpha value is -2.68. The summed E-state index contributed by atoms with van der Waals surface area (Å²) in [6, 6.07) is 11.7. The number of hydrogen-bond donors (Lipinski definition) is 0. The summed E-state index contributed by atoms with van der Waals surface area (Å²) in [6.45, 7) is 0. The van der Waals surface area contributed by atoms with Gasteiger partial charge in [-0.3, -0.25) is 9.78 Å². The van der Waals surface area contributed by atoms with Crippen LogP contribution in [0.1, 0.15) is 35.6 Å². The van der Waals surface area contributed by atoms with Crippen molar-refractivity contribution in [3.8, 4) is 6.07 Å². The van der Waals surface area contributed by atoms with Crippen molar-refractivity contribution in [1.82, 2.24) is 4.98 Å². The monoisotopic (exact) mass is 330 g/mol. The lowest BCUT2D eigenvalue weighted by atomic mass is 9.83. The van der Waals surface area contributed by atoms with Gasteiger partial charge in [0, 0.05) is 6.20 Å². The number of Topliss-reactive ketones (excluding diaryl/α,β-unsaturated/α-hetero) is 1. The maximum Gasteiger partial charge on any atom is 0.416 e. The highest BCUT2D eigenvalue weighted by molar-refractivity contribution is 5.99. The molecule has 0 unspecified atom stereocenters. The van der Waals surface area contributed by atoms with Crippen LogP contribution in [0.15, 0.2) is 48.7 Å². The summed E-state index contributed by atoms with van der Waals surface area (Å²) in [5.41, 5.74) is -1.16. The van der Waals surface area contributed by atoms with Gasteiger partial charge in [-0.1, -0.05) is 24.3 Å². The van der Waals surface area contributed by atoms with Gasteiger partial charge >= 0.3 is 6.18 Å². The van der Waals surface area contributed by atoms with Crippen LogP contribution < -0.4 is 0 Å². The maximum atomic E-state index is 12.9. The van der Waals surface area contributed by atoms with Crippen LogP contribution in [-0.4, -0.2) is 10.8 Å². The second kappa shape index (κ2) is 5.75. The van der Waals surface area contributed by atoms with Crippen LogP contribution in [-0.2, 0) is 16.4 Å². The Morgan fingerprint density at radius 3 is 2.50 bits per heavy atom. The fraction of sp³-hybridized carbons (Fsp3) is 0.278. The molecule has 0 radical (unpaired) electrons. The molecule has 6 heteroatoms. The average Bonchev–Trinajstić information content (AvgIpc) is 3.38. The van der Waals surface area contributed by atoms with Gasteiger partial charge in [0.15, 0.2) is 5.78 Å². The van der Waals surface area contributed by atoms with Gasteiger partial charge in [-0.05, 0) is 36.6 Å². The minimum Gasteiger partial charge on any atom is -0.297 e. The zero-order valence-corrected chi connectivity index (χ0v) is 12.5. The molecule has 1 heterocycles. The van der Waals surface area contributed by atoms with E-state index in [9.17, 15) is 23.2 Å². The highest BCUT2D eigenvalue weighted by atomic mass is 19.4. The molecule has 122 valence electrons. The van der Waals surface area contributed by atoms with Gasteiger partial charge in [-0.2, -0.15) is 18.4 Å². The van der Waals surface area contributed by atoms with Crippen LogP contribution >= 0.6 is 0 Å². The van der Waals surface area contributed by atoms with E-state index < -0.39 is 23.1 Å². The fourth-order valence-corrected chi connectivity index (χ4v) is 2.88. The van der Waals surface area contributed by atoms with E-state index in [1.165, 1.54) is 18.3 Å². The Morgan fingerprint density at radius 1 is 1.21 bits per heavy atom. The number of rotatable bonds is 4. The third-order valence-electron chi connectivity index (χ3n) is 4.34. The SMILES string of the molecule is N#C[C@H](C(=O)C1(c2cccc(C(F)(F)F)c2)CC1)c1ccccn1. The molecule has 1 saturated carbocycles. The molecule has 3 rings (SSSR count). The van der Waals surface area contributed by atoms with Crippen molar-refractivity contribution in [2.75, 3.05) is 0 Å². The summed E-state index contributed by atoms with van der Waals surface area (Å²) in [5, 5.41) is 9.38. The molecule has 1 atom stereocenters. The summed E-state index contributed by atoms with van der Waals surface area (Å²) in [4.78, 5) is 16.9. The van der Waals surface area contributed by atoms with Crippen LogP contribution in [0.3, 0.4) is 0 Å². The molecule has 2 aromatic rings. The van der Waals surface area contributed by atoms with Crippen molar-refractivity contribution < 1.29 is 18.0 Å². The standard InChI is InChI=1S/C18H13F3N2O/c19-18(20,21)13-5-3-4-12(10-13)17(7-8-17)16(24)14(11-22)15-6-1-2-9-23-15/h1-6,9-10,14H,7-8H2/t14-/m0/s1. The van der Waals surface area contributed by atoms with Gasteiger partial charge in [0.05, 0.1) is 22.7 Å². The molecule has 1 aliphatic carbocycles. The van der Waals surface area contributed by atoms with Crippen LogP contribution in [0.4, 0.5) is 13.2 Å². The second-order valence-corrected chi connectivity index (χ2v) is 5.84. The van der Waals surface area contributed by atoms with Gasteiger partial charge in [-0.25, -0.2) is 0 Å². The number of carbonyl (C=O) groups is 1. The minimum absolute atomic E-state index is 0.318. The number of hydrogen-bond acceptors (Lipinski definition) is 3. The molecule has 0 aliphatic heterocycles. The molecule has 0 bridgehead atoms. The van der Waals surface area contributed by atoms with Gasteiger partial charge in [-0.15, -0.1) is 0 Å². The molecule has 0 amide bonds. The maximum absolute atomic E-state index is 12.9. The topological polar surface area (TPSA) is 53.8 Å². The number of carbonyl (C=O) groups excluding carboxylic acids is 1. The average molecular weight is 330 g/mol. The largest absolute Gasteiger partial charge is 0.416 e. The van der Waals surface area contributed by atoms with E-state index in [2.05, 4.69) is 4.98 Å². The van der Waals surface area contributed by atoms with E-state index in [0.29, 0.717) is 24.1 Å². The predicted octanol–water partition coefficient (Wildman–Crippen LogP) is 4.01. The molecule has 0 spiro atoms. The van der Waals surface area contributed by atoms with E-state index in [0.717, 1.165) is 12.1 Å². The number of alkyl halides is 3. The number of pyridine rings is 1. The Balaban J connectivity index is 1.97. The van der Waals surface area contributed by atoms with Crippen molar-refractivity contribution in [1.29, 1.82) is 5.26 Å². The molecule has 1 aromatic carbocycles. The number of aromatic nitrogens is 1. The first-order chi connectivity index (χ1) is 11.4. The van der Waals surface area contributed by atoms with E-state index in [1.54, 1.807) is 18.2 Å². The molecule has 0 N–H and O–H groups in total. The first-order valence-electron chi connectivity index (χ1n) is 7.41. The molecule has 3 nitrogen and oxygen atoms in total. The Kier molecular flexibility index (Phi) is 3.88. The molecule has 1 aromatic heterocycles. The summed E-state index contributed by atoms with van der Waals surface area (Å²) in [6.07, 6.45) is -2.10. The summed E-state index contributed by atoms with van der Waals surface area (Å²) in [7, 11) is 0. The van der Waals surface area contributed by atoms with E-state index >= 15 is 0 Å². The van der Waals surface area contributed by atoms with E-state index in [4.69, 9.17) is 0 Å². The smallest absolute Gasteiger partial charge is 0.297 e.